The highest BCUT2D eigenvalue weighted by atomic mass is 16.5. The predicted octanol–water partition coefficient (Wildman–Crippen LogP) is 1.92. The summed E-state index contributed by atoms with van der Waals surface area (Å²) in [4.78, 5) is 26.6. The normalized spacial score (nSPS) is 26.6. The van der Waals surface area contributed by atoms with Crippen molar-refractivity contribution in [3.8, 4) is 0 Å². The van der Waals surface area contributed by atoms with Crippen LogP contribution >= 0.6 is 0 Å². The first kappa shape index (κ1) is 18.2. The number of methoxy groups -OCH3 is 1. The van der Waals surface area contributed by atoms with Crippen molar-refractivity contribution in [1.29, 1.82) is 0 Å². The van der Waals surface area contributed by atoms with Gasteiger partial charge in [0, 0.05) is 33.4 Å². The Morgan fingerprint density at radius 2 is 1.87 bits per heavy atom. The Bertz CT molecular complexity index is 431. The summed E-state index contributed by atoms with van der Waals surface area (Å²) in [6, 6.07) is 0. The van der Waals surface area contributed by atoms with Crippen LogP contribution in [-0.2, 0) is 19.1 Å². The van der Waals surface area contributed by atoms with Crippen LogP contribution in [-0.4, -0.2) is 61.9 Å². The molecule has 1 aliphatic carbocycles. The van der Waals surface area contributed by atoms with Crippen molar-refractivity contribution in [3.05, 3.63) is 0 Å². The molecule has 6 heteroatoms. The van der Waals surface area contributed by atoms with E-state index in [2.05, 4.69) is 0 Å². The molecular weight excluding hydrogens is 298 g/mol. The third-order valence-electron chi connectivity index (χ3n) is 5.43. The van der Waals surface area contributed by atoms with Gasteiger partial charge in [0.15, 0.2) is 0 Å². The van der Waals surface area contributed by atoms with Crippen molar-refractivity contribution < 1.29 is 24.2 Å². The molecule has 0 aromatic carbocycles. The maximum Gasteiger partial charge on any atom is 0.313 e. The van der Waals surface area contributed by atoms with Crippen molar-refractivity contribution in [1.82, 2.24) is 4.90 Å². The number of carboxylic acids is 1. The number of aliphatic carboxylic acids is 1. The van der Waals surface area contributed by atoms with Crippen LogP contribution in [0.3, 0.4) is 0 Å². The van der Waals surface area contributed by atoms with E-state index in [4.69, 9.17) is 9.47 Å². The van der Waals surface area contributed by atoms with Crippen molar-refractivity contribution in [2.75, 3.05) is 40.0 Å². The van der Waals surface area contributed by atoms with Crippen LogP contribution in [0.25, 0.3) is 0 Å². The van der Waals surface area contributed by atoms with Crippen LogP contribution in [0.2, 0.25) is 0 Å². The molecule has 0 spiro atoms. The van der Waals surface area contributed by atoms with E-state index < -0.39 is 11.4 Å². The SMILES string of the molecule is CCOCCC1(C(=O)N2CCCC(COC)(C(=O)O)C2)CCC1. The molecule has 1 N–H and O–H groups in total. The minimum Gasteiger partial charge on any atom is -0.481 e. The molecule has 0 bridgehead atoms. The number of ether oxygens (including phenoxy) is 2. The fraction of sp³-hybridized carbons (Fsp3) is 0.882. The van der Waals surface area contributed by atoms with Gasteiger partial charge in [0.05, 0.1) is 12.0 Å². The molecule has 0 aromatic rings. The topological polar surface area (TPSA) is 76.1 Å². The molecule has 132 valence electrons. The highest BCUT2D eigenvalue weighted by Crippen LogP contribution is 2.46. The zero-order valence-corrected chi connectivity index (χ0v) is 14.3. The summed E-state index contributed by atoms with van der Waals surface area (Å²) in [5.74, 6) is -0.751. The number of carbonyl (C=O) groups is 2. The minimum atomic E-state index is -0.965. The van der Waals surface area contributed by atoms with Gasteiger partial charge in [-0.05, 0) is 39.0 Å². The van der Waals surface area contributed by atoms with E-state index in [1.54, 1.807) is 4.90 Å². The Morgan fingerprint density at radius 1 is 1.17 bits per heavy atom. The molecule has 1 unspecified atom stereocenters. The average molecular weight is 327 g/mol. The van der Waals surface area contributed by atoms with Crippen LogP contribution in [0.15, 0.2) is 0 Å². The van der Waals surface area contributed by atoms with Crippen LogP contribution in [0.4, 0.5) is 0 Å². The fourth-order valence-electron chi connectivity index (χ4n) is 3.86. The van der Waals surface area contributed by atoms with Crippen molar-refractivity contribution in [2.45, 2.75) is 45.4 Å². The Morgan fingerprint density at radius 3 is 2.39 bits per heavy atom. The highest BCUT2D eigenvalue weighted by Gasteiger charge is 2.50. The summed E-state index contributed by atoms with van der Waals surface area (Å²) in [5.41, 5.74) is -1.29. The lowest BCUT2D eigenvalue weighted by Gasteiger charge is -2.47. The summed E-state index contributed by atoms with van der Waals surface area (Å²) in [7, 11) is 1.51. The summed E-state index contributed by atoms with van der Waals surface area (Å²) < 4.78 is 10.6. The third kappa shape index (κ3) is 3.69. The van der Waals surface area contributed by atoms with Gasteiger partial charge in [-0.2, -0.15) is 0 Å². The molecule has 1 heterocycles. The molecule has 0 radical (unpaired) electrons. The monoisotopic (exact) mass is 327 g/mol. The number of piperidine rings is 1. The molecule has 2 rings (SSSR count). The molecule has 2 aliphatic rings. The van der Waals surface area contributed by atoms with Crippen LogP contribution < -0.4 is 0 Å². The minimum absolute atomic E-state index is 0.116. The highest BCUT2D eigenvalue weighted by molar-refractivity contribution is 5.85. The number of nitrogens with zero attached hydrogens (tertiary/aromatic N) is 1. The first-order valence-electron chi connectivity index (χ1n) is 8.59. The Labute approximate surface area is 138 Å². The standard InChI is InChI=1S/C17H29NO5/c1-3-23-11-9-16(6-4-7-16)14(19)18-10-5-8-17(12-18,13-22-2)15(20)21/h3-13H2,1-2H3,(H,20,21). The van der Waals surface area contributed by atoms with E-state index in [-0.39, 0.29) is 24.5 Å². The Hall–Kier alpha value is -1.14. The number of rotatable bonds is 8. The fourth-order valence-corrected chi connectivity index (χ4v) is 3.86. The third-order valence-corrected chi connectivity index (χ3v) is 5.43. The Balaban J connectivity index is 2.07. The van der Waals surface area contributed by atoms with Gasteiger partial charge in [-0.3, -0.25) is 9.59 Å². The number of carboxylic acid groups (broad SMARTS) is 1. The van der Waals surface area contributed by atoms with Crippen LogP contribution in [0.1, 0.15) is 45.4 Å². The quantitative estimate of drug-likeness (QED) is 0.689. The van der Waals surface area contributed by atoms with E-state index in [0.717, 1.165) is 25.7 Å². The second-order valence-electron chi connectivity index (χ2n) is 6.93. The molecular formula is C17H29NO5. The molecule has 0 aromatic heterocycles. The predicted molar refractivity (Wildman–Crippen MR) is 85.2 cm³/mol. The van der Waals surface area contributed by atoms with Crippen molar-refractivity contribution in [2.24, 2.45) is 10.8 Å². The molecule has 1 aliphatic heterocycles. The van der Waals surface area contributed by atoms with E-state index in [9.17, 15) is 14.7 Å². The van der Waals surface area contributed by atoms with E-state index in [0.29, 0.717) is 32.6 Å². The number of hydrogen-bond acceptors (Lipinski definition) is 4. The molecule has 1 amide bonds. The number of likely N-dealkylation sites (tertiary alicyclic amines) is 1. The van der Waals surface area contributed by atoms with Gasteiger partial charge in [-0.15, -0.1) is 0 Å². The van der Waals surface area contributed by atoms with Crippen LogP contribution in [0, 0.1) is 10.8 Å². The smallest absolute Gasteiger partial charge is 0.313 e. The van der Waals surface area contributed by atoms with E-state index in [1.165, 1.54) is 7.11 Å². The number of hydrogen-bond donors (Lipinski definition) is 1. The lowest BCUT2D eigenvalue weighted by Crippen LogP contribution is -2.57. The zero-order chi connectivity index (χ0) is 16.9. The van der Waals surface area contributed by atoms with Gasteiger partial charge in [0.2, 0.25) is 5.91 Å². The van der Waals surface area contributed by atoms with E-state index in [1.807, 2.05) is 6.92 Å². The maximum absolute atomic E-state index is 13.0. The summed E-state index contributed by atoms with van der Waals surface area (Å²) in [6.07, 6.45) is 4.85. The molecule has 6 nitrogen and oxygen atoms in total. The first-order chi connectivity index (χ1) is 11.0. The lowest BCUT2D eigenvalue weighted by atomic mass is 9.65. The average Bonchev–Trinajstić information content (AvgIpc) is 2.50. The molecule has 23 heavy (non-hydrogen) atoms. The summed E-state index contributed by atoms with van der Waals surface area (Å²) >= 11 is 0. The second kappa shape index (κ2) is 7.62. The number of amides is 1. The lowest BCUT2D eigenvalue weighted by molar-refractivity contribution is -0.164. The molecule has 1 saturated heterocycles. The number of carbonyl (C=O) groups excluding carboxylic acids is 1. The molecule has 2 fully saturated rings. The van der Waals surface area contributed by atoms with E-state index >= 15 is 0 Å². The summed E-state index contributed by atoms with van der Waals surface area (Å²) in [5, 5.41) is 9.63. The second-order valence-corrected chi connectivity index (χ2v) is 6.93. The van der Waals surface area contributed by atoms with Gasteiger partial charge in [0.1, 0.15) is 5.41 Å². The van der Waals surface area contributed by atoms with Crippen molar-refractivity contribution >= 4 is 11.9 Å². The largest absolute Gasteiger partial charge is 0.481 e. The van der Waals surface area contributed by atoms with Gasteiger partial charge in [0.25, 0.3) is 0 Å². The van der Waals surface area contributed by atoms with Gasteiger partial charge < -0.3 is 19.5 Å². The maximum atomic E-state index is 13.0. The molecule has 1 atom stereocenters. The van der Waals surface area contributed by atoms with Crippen LogP contribution in [0.5, 0.6) is 0 Å². The summed E-state index contributed by atoms with van der Waals surface area (Å²) in [6.45, 7) is 4.26. The van der Waals surface area contributed by atoms with Gasteiger partial charge in [-0.1, -0.05) is 6.42 Å². The van der Waals surface area contributed by atoms with Gasteiger partial charge >= 0.3 is 5.97 Å². The van der Waals surface area contributed by atoms with Crippen molar-refractivity contribution in [3.63, 3.8) is 0 Å². The molecule has 1 saturated carbocycles. The van der Waals surface area contributed by atoms with Gasteiger partial charge in [-0.25, -0.2) is 0 Å². The Kier molecular flexibility index (Phi) is 6.03. The zero-order valence-electron chi connectivity index (χ0n) is 14.3. The first-order valence-corrected chi connectivity index (χ1v) is 8.59.